The molecule has 222 valence electrons. The van der Waals surface area contributed by atoms with Crippen molar-refractivity contribution in [3.63, 3.8) is 0 Å². The maximum atomic E-state index is 13.1. The number of halogens is 3. The summed E-state index contributed by atoms with van der Waals surface area (Å²) >= 11 is 17.5. The molecule has 1 aromatic rings. The maximum Gasteiger partial charge on any atom is 0.336 e. The number of alkyl halides is 3. The SMILES string of the molecule is NC(=O)C(Cl)CCCCCn1c(=O)n(CCCCCC(Cl)C(N)=O)c(=O)n(CCCCCC(Cl)C(N)=O)c1=O. The fourth-order valence-corrected chi connectivity index (χ4v) is 4.46. The summed E-state index contributed by atoms with van der Waals surface area (Å²) < 4.78 is 3.16. The average molecular weight is 614 g/mol. The van der Waals surface area contributed by atoms with E-state index in [0.717, 1.165) is 13.7 Å². The first kappa shape index (κ1) is 34.7. The van der Waals surface area contributed by atoms with Crippen LogP contribution in [0.1, 0.15) is 77.0 Å². The Balaban J connectivity index is 2.95. The van der Waals surface area contributed by atoms with Crippen molar-refractivity contribution in [2.45, 2.75) is 113 Å². The maximum absolute atomic E-state index is 13.1. The Hall–Kier alpha value is -2.31. The molecule has 0 bridgehead atoms. The standard InChI is InChI=1S/C24H39Cl3N6O6/c25-16(19(28)34)10-4-1-7-13-31-22(37)32(14-8-2-5-11-17(26)20(29)35)24(39)33(23(31)38)15-9-3-6-12-18(27)21(30)36/h16-18H,1-15H2,(H2,28,34)(H2,29,35)(H2,30,36). The number of nitrogens with two attached hydrogens (primary N) is 3. The number of hydrogen-bond acceptors (Lipinski definition) is 6. The molecular weight excluding hydrogens is 575 g/mol. The zero-order chi connectivity index (χ0) is 29.5. The van der Waals surface area contributed by atoms with Crippen molar-refractivity contribution in [2.75, 3.05) is 0 Å². The minimum atomic E-state index is -0.777. The summed E-state index contributed by atoms with van der Waals surface area (Å²) in [7, 11) is 0. The highest BCUT2D eigenvalue weighted by atomic mass is 35.5. The van der Waals surface area contributed by atoms with E-state index in [-0.39, 0.29) is 19.6 Å². The van der Waals surface area contributed by atoms with Gasteiger partial charge in [-0.25, -0.2) is 28.1 Å². The number of rotatable bonds is 21. The van der Waals surface area contributed by atoms with Gasteiger partial charge in [-0.3, -0.25) is 14.4 Å². The van der Waals surface area contributed by atoms with E-state index in [4.69, 9.17) is 52.0 Å². The van der Waals surface area contributed by atoms with Crippen LogP contribution in [0.4, 0.5) is 0 Å². The lowest BCUT2D eigenvalue weighted by molar-refractivity contribution is -0.118. The summed E-state index contributed by atoms with van der Waals surface area (Å²) in [5.41, 5.74) is 13.4. The predicted octanol–water partition coefficient (Wildman–Crippen LogP) is 1.13. The second-order valence-electron chi connectivity index (χ2n) is 9.46. The van der Waals surface area contributed by atoms with Crippen LogP contribution >= 0.6 is 34.8 Å². The van der Waals surface area contributed by atoms with E-state index in [2.05, 4.69) is 0 Å². The lowest BCUT2D eigenvalue weighted by Gasteiger charge is -2.14. The highest BCUT2D eigenvalue weighted by Gasteiger charge is 2.17. The minimum Gasteiger partial charge on any atom is -0.368 e. The van der Waals surface area contributed by atoms with Crippen molar-refractivity contribution in [3.8, 4) is 0 Å². The number of aromatic nitrogens is 3. The van der Waals surface area contributed by atoms with E-state index in [1.54, 1.807) is 0 Å². The van der Waals surface area contributed by atoms with Gasteiger partial charge in [0.1, 0.15) is 16.1 Å². The molecule has 0 aliphatic carbocycles. The fraction of sp³-hybridized carbons (Fsp3) is 0.750. The van der Waals surface area contributed by atoms with E-state index in [0.29, 0.717) is 77.0 Å². The Morgan fingerprint density at radius 3 is 0.923 bits per heavy atom. The molecule has 3 unspecified atom stereocenters. The average Bonchev–Trinajstić information content (AvgIpc) is 2.87. The van der Waals surface area contributed by atoms with Crippen LogP contribution in [-0.4, -0.2) is 47.6 Å². The molecule has 0 saturated carbocycles. The third-order valence-corrected chi connectivity index (χ3v) is 7.63. The molecule has 0 aliphatic rings. The molecule has 3 atom stereocenters. The van der Waals surface area contributed by atoms with Crippen molar-refractivity contribution < 1.29 is 14.4 Å². The third-order valence-electron chi connectivity index (χ3n) is 6.33. The van der Waals surface area contributed by atoms with Crippen molar-refractivity contribution >= 4 is 52.5 Å². The van der Waals surface area contributed by atoms with Crippen LogP contribution in [0.2, 0.25) is 0 Å². The number of carbonyl (C=O) groups is 3. The molecule has 1 aromatic heterocycles. The zero-order valence-corrected chi connectivity index (χ0v) is 24.3. The molecule has 0 aromatic carbocycles. The number of amides is 3. The van der Waals surface area contributed by atoms with Gasteiger partial charge in [0.2, 0.25) is 17.7 Å². The normalized spacial score (nSPS) is 13.6. The number of primary amides is 3. The molecule has 1 heterocycles. The summed E-state index contributed by atoms with van der Waals surface area (Å²) in [5, 5.41) is -2.33. The second-order valence-corrected chi connectivity index (χ2v) is 11.0. The molecule has 39 heavy (non-hydrogen) atoms. The summed E-state index contributed by atoms with van der Waals surface area (Å²) in [5.74, 6) is -1.80. The van der Waals surface area contributed by atoms with Crippen LogP contribution < -0.4 is 34.3 Å². The first-order chi connectivity index (χ1) is 18.4. The van der Waals surface area contributed by atoms with E-state index < -0.39 is 50.9 Å². The quantitative estimate of drug-likeness (QED) is 0.137. The van der Waals surface area contributed by atoms with E-state index in [9.17, 15) is 28.8 Å². The molecule has 12 nitrogen and oxygen atoms in total. The van der Waals surface area contributed by atoms with E-state index >= 15 is 0 Å². The van der Waals surface area contributed by atoms with Gasteiger partial charge < -0.3 is 17.2 Å². The van der Waals surface area contributed by atoms with Crippen molar-refractivity contribution in [3.05, 3.63) is 31.5 Å². The lowest BCUT2D eigenvalue weighted by Crippen LogP contribution is -2.54. The molecule has 3 amide bonds. The van der Waals surface area contributed by atoms with Crippen LogP contribution in [0.5, 0.6) is 0 Å². The molecule has 6 N–H and O–H groups in total. The minimum absolute atomic E-state index is 0.0978. The monoisotopic (exact) mass is 612 g/mol. The molecule has 0 fully saturated rings. The Morgan fingerprint density at radius 2 is 0.718 bits per heavy atom. The smallest absolute Gasteiger partial charge is 0.336 e. The Labute approximate surface area is 241 Å². The Bertz CT molecular complexity index is 966. The topological polar surface area (TPSA) is 195 Å². The molecule has 1 rings (SSSR count). The Kier molecular flexibility index (Phi) is 16.1. The molecule has 0 radical (unpaired) electrons. The van der Waals surface area contributed by atoms with Crippen molar-refractivity contribution in [1.82, 2.24) is 13.7 Å². The van der Waals surface area contributed by atoms with Gasteiger partial charge in [0.25, 0.3) is 0 Å². The van der Waals surface area contributed by atoms with Gasteiger partial charge in [0, 0.05) is 19.6 Å². The van der Waals surface area contributed by atoms with Gasteiger partial charge >= 0.3 is 17.1 Å². The second kappa shape index (κ2) is 18.1. The molecular formula is C24H39Cl3N6O6. The predicted molar refractivity (Wildman–Crippen MR) is 151 cm³/mol. The highest BCUT2D eigenvalue weighted by Crippen LogP contribution is 2.11. The first-order valence-electron chi connectivity index (χ1n) is 13.1. The van der Waals surface area contributed by atoms with Gasteiger partial charge in [0.05, 0.1) is 0 Å². The summed E-state index contributed by atoms with van der Waals surface area (Å²) in [6, 6.07) is 0. The first-order valence-corrected chi connectivity index (χ1v) is 14.4. The molecule has 0 aliphatic heterocycles. The van der Waals surface area contributed by atoms with Crippen LogP contribution in [-0.2, 0) is 34.0 Å². The van der Waals surface area contributed by atoms with Gasteiger partial charge in [-0.1, -0.05) is 38.5 Å². The zero-order valence-electron chi connectivity index (χ0n) is 22.0. The number of nitrogens with zero attached hydrogens (tertiary/aromatic N) is 3. The summed E-state index contributed by atoms with van der Waals surface area (Å²) in [6.45, 7) is 0.293. The number of unbranched alkanes of at least 4 members (excludes halogenated alkanes) is 6. The highest BCUT2D eigenvalue weighted by molar-refractivity contribution is 6.31. The molecule has 15 heteroatoms. The van der Waals surface area contributed by atoms with Gasteiger partial charge in [-0.2, -0.15) is 0 Å². The van der Waals surface area contributed by atoms with E-state index in [1.807, 2.05) is 0 Å². The summed E-state index contributed by atoms with van der Waals surface area (Å²) in [6.07, 6.45) is 6.08. The van der Waals surface area contributed by atoms with Gasteiger partial charge in [-0.15, -0.1) is 34.8 Å². The third kappa shape index (κ3) is 12.2. The van der Waals surface area contributed by atoms with Crippen molar-refractivity contribution in [2.24, 2.45) is 17.2 Å². The van der Waals surface area contributed by atoms with Crippen molar-refractivity contribution in [1.29, 1.82) is 0 Å². The van der Waals surface area contributed by atoms with Crippen LogP contribution in [0, 0.1) is 0 Å². The van der Waals surface area contributed by atoms with Crippen LogP contribution in [0.25, 0.3) is 0 Å². The molecule has 0 spiro atoms. The fourth-order valence-electron chi connectivity index (χ4n) is 3.99. The number of hydrogen-bond donors (Lipinski definition) is 3. The summed E-state index contributed by atoms with van der Waals surface area (Å²) in [4.78, 5) is 72.5. The van der Waals surface area contributed by atoms with Gasteiger partial charge in [-0.05, 0) is 38.5 Å². The largest absolute Gasteiger partial charge is 0.368 e. The Morgan fingerprint density at radius 1 is 0.487 bits per heavy atom. The lowest BCUT2D eigenvalue weighted by atomic mass is 10.1. The molecule has 0 saturated heterocycles. The van der Waals surface area contributed by atoms with E-state index in [1.165, 1.54) is 0 Å². The van der Waals surface area contributed by atoms with Crippen LogP contribution in [0.3, 0.4) is 0 Å². The van der Waals surface area contributed by atoms with Gasteiger partial charge in [0.15, 0.2) is 0 Å². The number of carbonyl (C=O) groups excluding carboxylic acids is 3. The van der Waals surface area contributed by atoms with Crippen LogP contribution in [0.15, 0.2) is 14.4 Å².